The molecule has 1 saturated carbocycles. The minimum atomic E-state index is -3.87. The van der Waals surface area contributed by atoms with Gasteiger partial charge in [0.25, 0.3) is 10.0 Å². The summed E-state index contributed by atoms with van der Waals surface area (Å²) in [5, 5.41) is 11.0. The van der Waals surface area contributed by atoms with Gasteiger partial charge in [-0.1, -0.05) is 78.3 Å². The van der Waals surface area contributed by atoms with Gasteiger partial charge in [-0.25, -0.2) is 27.2 Å². The summed E-state index contributed by atoms with van der Waals surface area (Å²) in [7, 11) is -3.87. The van der Waals surface area contributed by atoms with E-state index in [1.165, 1.54) is 3.97 Å². The number of ether oxygens (including phenoxy) is 1. The van der Waals surface area contributed by atoms with Gasteiger partial charge in [0.05, 0.1) is 44.9 Å². The number of benzene rings is 3. The number of amides is 1. The van der Waals surface area contributed by atoms with Crippen LogP contribution >= 0.6 is 11.6 Å². The Morgan fingerprint density at radius 2 is 1.71 bits per heavy atom. The number of halogens is 1. The second-order valence-corrected chi connectivity index (χ2v) is 15.4. The van der Waals surface area contributed by atoms with Crippen LogP contribution in [0.15, 0.2) is 121 Å². The van der Waals surface area contributed by atoms with Gasteiger partial charge in [0.2, 0.25) is 5.95 Å². The minimum absolute atomic E-state index is 0.0847. The smallest absolute Gasteiger partial charge is 0.412 e. The van der Waals surface area contributed by atoms with Crippen molar-refractivity contribution in [2.75, 3.05) is 10.6 Å². The molecule has 0 saturated heterocycles. The first kappa shape index (κ1) is 35.1. The predicted octanol–water partition coefficient (Wildman–Crippen LogP) is 8.04. The standard InChI is InChI=1S/C39H38ClN7O4S/c1-39(43-23-29-18-19-30(22-41-29)45-38(48)51-26-27-11-4-2-5-12-27)20-10-13-28(21-39)44-37-42-24-34(40)36(46-37)33-25-47(35-17-9-8-16-32(33)35)52(49,50)31-14-6-3-7-15-31/h2-9,11-12,14-19,22,24-25,28,43H,10,13,20-21,23,26H2,1H3,(H,45,48)(H,42,44,46)/t28-,39+/m1/s1. The summed E-state index contributed by atoms with van der Waals surface area (Å²) in [6.45, 7) is 2.95. The average molecular weight is 736 g/mol. The second kappa shape index (κ2) is 15.1. The third kappa shape index (κ3) is 7.94. The zero-order chi connectivity index (χ0) is 36.1. The predicted molar refractivity (Wildman–Crippen MR) is 203 cm³/mol. The molecule has 52 heavy (non-hydrogen) atoms. The Bertz CT molecular complexity index is 2290. The van der Waals surface area contributed by atoms with Gasteiger partial charge in [-0.15, -0.1) is 0 Å². The van der Waals surface area contributed by atoms with Crippen molar-refractivity contribution in [2.24, 2.45) is 0 Å². The molecular formula is C39H38ClN7O4S. The summed E-state index contributed by atoms with van der Waals surface area (Å²) in [5.41, 5.74) is 3.71. The first-order valence-corrected chi connectivity index (χ1v) is 18.9. The molecule has 0 aliphatic heterocycles. The normalized spacial score (nSPS) is 17.5. The monoisotopic (exact) mass is 735 g/mol. The number of aromatic nitrogens is 4. The van der Waals surface area contributed by atoms with Crippen molar-refractivity contribution in [3.8, 4) is 11.3 Å². The van der Waals surface area contributed by atoms with Crippen LogP contribution in [0.2, 0.25) is 5.02 Å². The third-order valence-corrected chi connectivity index (χ3v) is 11.2. The van der Waals surface area contributed by atoms with E-state index in [1.54, 1.807) is 61.1 Å². The maximum absolute atomic E-state index is 13.7. The van der Waals surface area contributed by atoms with E-state index >= 15 is 0 Å². The molecule has 0 radical (unpaired) electrons. The molecule has 3 heterocycles. The van der Waals surface area contributed by atoms with Crippen LogP contribution in [-0.2, 0) is 27.9 Å². The van der Waals surface area contributed by atoms with Gasteiger partial charge in [0, 0.05) is 35.3 Å². The molecule has 11 nitrogen and oxygen atoms in total. The first-order chi connectivity index (χ1) is 25.2. The van der Waals surface area contributed by atoms with Crippen molar-refractivity contribution in [2.45, 2.75) is 62.2 Å². The number of carbonyl (C=O) groups excluding carboxylic acids is 1. The summed E-state index contributed by atoms with van der Waals surface area (Å²) in [5.74, 6) is 0.420. The number of hydrogen-bond donors (Lipinski definition) is 3. The molecule has 13 heteroatoms. The fourth-order valence-electron chi connectivity index (χ4n) is 6.61. The molecule has 0 bridgehead atoms. The van der Waals surface area contributed by atoms with E-state index in [-0.39, 0.29) is 23.1 Å². The summed E-state index contributed by atoms with van der Waals surface area (Å²) in [6, 6.07) is 28.9. The Kier molecular flexibility index (Phi) is 10.2. The number of fused-ring (bicyclic) bond motifs is 1. The van der Waals surface area contributed by atoms with Crippen LogP contribution in [-0.4, -0.2) is 45.0 Å². The number of anilines is 2. The lowest BCUT2D eigenvalue weighted by molar-refractivity contribution is 0.155. The van der Waals surface area contributed by atoms with Crippen molar-refractivity contribution in [3.63, 3.8) is 0 Å². The summed E-state index contributed by atoms with van der Waals surface area (Å²) >= 11 is 6.68. The SMILES string of the molecule is C[C@]1(NCc2ccc(NC(=O)OCc3ccccc3)cn2)CCC[C@@H](Nc2ncc(Cl)c(-c3cn(S(=O)(=O)c4ccccc4)c4ccccc34)n2)C1. The van der Waals surface area contributed by atoms with E-state index in [1.807, 2.05) is 54.6 Å². The van der Waals surface area contributed by atoms with Crippen LogP contribution in [0.25, 0.3) is 22.2 Å². The number of hydrogen-bond acceptors (Lipinski definition) is 9. The van der Waals surface area contributed by atoms with E-state index < -0.39 is 16.1 Å². The van der Waals surface area contributed by atoms with Crippen molar-refractivity contribution in [1.29, 1.82) is 0 Å². The lowest BCUT2D eigenvalue weighted by Gasteiger charge is -2.39. The molecule has 3 N–H and O–H groups in total. The molecule has 0 spiro atoms. The second-order valence-electron chi connectivity index (χ2n) is 13.1. The molecule has 7 rings (SSSR count). The largest absolute Gasteiger partial charge is 0.444 e. The van der Waals surface area contributed by atoms with E-state index in [2.05, 4.69) is 32.8 Å². The molecule has 6 aromatic rings. The Morgan fingerprint density at radius 3 is 2.48 bits per heavy atom. The van der Waals surface area contributed by atoms with E-state index in [0.717, 1.165) is 36.9 Å². The van der Waals surface area contributed by atoms with E-state index in [4.69, 9.17) is 21.3 Å². The number of nitrogens with one attached hydrogen (secondary N) is 3. The molecule has 2 atom stereocenters. The summed E-state index contributed by atoms with van der Waals surface area (Å²) in [6.07, 6.45) is 7.96. The van der Waals surface area contributed by atoms with Gasteiger partial charge >= 0.3 is 6.09 Å². The van der Waals surface area contributed by atoms with Crippen LogP contribution in [0, 0.1) is 0 Å². The fraction of sp³-hybridized carbons (Fsp3) is 0.231. The van der Waals surface area contributed by atoms with Crippen LogP contribution < -0.4 is 16.0 Å². The topological polar surface area (TPSA) is 140 Å². The highest BCUT2D eigenvalue weighted by Gasteiger charge is 2.32. The number of pyridine rings is 1. The maximum atomic E-state index is 13.7. The Balaban J connectivity index is 1.00. The van der Waals surface area contributed by atoms with Crippen LogP contribution in [0.1, 0.15) is 43.9 Å². The lowest BCUT2D eigenvalue weighted by Crippen LogP contribution is -2.48. The van der Waals surface area contributed by atoms with E-state index in [9.17, 15) is 13.2 Å². The molecule has 1 fully saturated rings. The highest BCUT2D eigenvalue weighted by Crippen LogP contribution is 2.36. The molecule has 0 unspecified atom stereocenters. The van der Waals surface area contributed by atoms with Gasteiger partial charge in [-0.2, -0.15) is 0 Å². The Hall–Kier alpha value is -5.30. The lowest BCUT2D eigenvalue weighted by atomic mass is 9.80. The third-order valence-electron chi connectivity index (χ3n) is 9.27. The molecule has 266 valence electrons. The van der Waals surface area contributed by atoms with Crippen LogP contribution in [0.5, 0.6) is 0 Å². The number of nitrogens with zero attached hydrogens (tertiary/aromatic N) is 4. The van der Waals surface area contributed by atoms with Gasteiger partial charge in [0.15, 0.2) is 0 Å². The van der Waals surface area contributed by atoms with Crippen molar-refractivity contribution >= 4 is 50.3 Å². The van der Waals surface area contributed by atoms with Crippen LogP contribution in [0.4, 0.5) is 16.4 Å². The minimum Gasteiger partial charge on any atom is -0.444 e. The maximum Gasteiger partial charge on any atom is 0.412 e. The van der Waals surface area contributed by atoms with Crippen molar-refractivity contribution in [1.82, 2.24) is 24.2 Å². The van der Waals surface area contributed by atoms with Gasteiger partial charge in [-0.05, 0) is 68.5 Å². The van der Waals surface area contributed by atoms with Gasteiger partial charge < -0.3 is 15.4 Å². The Labute approximate surface area is 307 Å². The van der Waals surface area contributed by atoms with Crippen LogP contribution in [0.3, 0.4) is 0 Å². The molecule has 1 amide bonds. The number of rotatable bonds is 11. The molecule has 1 aliphatic carbocycles. The highest BCUT2D eigenvalue weighted by atomic mass is 35.5. The molecule has 3 aromatic heterocycles. The van der Waals surface area contributed by atoms with Crippen molar-refractivity contribution < 1.29 is 17.9 Å². The summed E-state index contributed by atoms with van der Waals surface area (Å²) in [4.78, 5) is 26.3. The molecule has 1 aliphatic rings. The number of para-hydroxylation sites is 1. The number of carbonyl (C=O) groups is 1. The van der Waals surface area contributed by atoms with E-state index in [0.29, 0.717) is 45.4 Å². The molecule has 3 aromatic carbocycles. The Morgan fingerprint density at radius 1 is 0.962 bits per heavy atom. The highest BCUT2D eigenvalue weighted by molar-refractivity contribution is 7.90. The molecular weight excluding hydrogens is 698 g/mol. The fourth-order valence-corrected chi connectivity index (χ4v) is 8.19. The zero-order valence-electron chi connectivity index (χ0n) is 28.5. The van der Waals surface area contributed by atoms with Gasteiger partial charge in [0.1, 0.15) is 6.61 Å². The van der Waals surface area contributed by atoms with Crippen molar-refractivity contribution in [3.05, 3.63) is 132 Å². The van der Waals surface area contributed by atoms with Gasteiger partial charge in [-0.3, -0.25) is 10.3 Å². The quantitative estimate of drug-likeness (QED) is 0.121. The average Bonchev–Trinajstić information content (AvgIpc) is 3.56. The summed E-state index contributed by atoms with van der Waals surface area (Å²) < 4.78 is 34.0. The first-order valence-electron chi connectivity index (χ1n) is 17.0. The zero-order valence-corrected chi connectivity index (χ0v) is 30.1.